The van der Waals surface area contributed by atoms with Crippen molar-refractivity contribution < 1.29 is 14.5 Å². The van der Waals surface area contributed by atoms with Crippen LogP contribution in [0.25, 0.3) is 0 Å². The van der Waals surface area contributed by atoms with Crippen molar-refractivity contribution >= 4 is 27.9 Å². The molecule has 0 spiro atoms. The van der Waals surface area contributed by atoms with Crippen LogP contribution >= 0.6 is 11.3 Å². The number of anilines is 1. The number of nitro groups is 1. The Morgan fingerprint density at radius 2 is 2.22 bits per heavy atom. The van der Waals surface area contributed by atoms with Gasteiger partial charge in [0.05, 0.1) is 10.5 Å². The van der Waals surface area contributed by atoms with Gasteiger partial charge in [-0.05, 0) is 37.4 Å². The second-order valence-electron chi connectivity index (χ2n) is 4.73. The Morgan fingerprint density at radius 3 is 2.83 bits per heavy atom. The third-order valence-electron chi connectivity index (χ3n) is 3.07. The molecular formula is C15H13N3O4S. The van der Waals surface area contributed by atoms with E-state index in [-0.39, 0.29) is 5.69 Å². The maximum atomic E-state index is 12.1. The van der Waals surface area contributed by atoms with E-state index in [1.54, 1.807) is 25.3 Å². The molecule has 0 aliphatic rings. The van der Waals surface area contributed by atoms with Crippen LogP contribution in [-0.4, -0.2) is 16.9 Å². The van der Waals surface area contributed by atoms with Crippen molar-refractivity contribution in [1.29, 1.82) is 5.26 Å². The Hall–Kier alpha value is -2.92. The minimum Gasteiger partial charge on any atom is -0.481 e. The number of ether oxygens (including phenoxy) is 1. The zero-order chi connectivity index (χ0) is 17.0. The van der Waals surface area contributed by atoms with Crippen LogP contribution in [0, 0.1) is 28.4 Å². The largest absolute Gasteiger partial charge is 0.481 e. The van der Waals surface area contributed by atoms with E-state index >= 15 is 0 Å². The van der Waals surface area contributed by atoms with Crippen molar-refractivity contribution in [3.63, 3.8) is 0 Å². The highest BCUT2D eigenvalue weighted by Crippen LogP contribution is 2.25. The van der Waals surface area contributed by atoms with Gasteiger partial charge in [-0.1, -0.05) is 0 Å². The summed E-state index contributed by atoms with van der Waals surface area (Å²) < 4.78 is 5.50. The summed E-state index contributed by atoms with van der Waals surface area (Å²) in [6.45, 7) is 3.16. The zero-order valence-electron chi connectivity index (χ0n) is 12.4. The first-order valence-corrected chi connectivity index (χ1v) is 7.50. The molecule has 1 N–H and O–H groups in total. The number of rotatable bonds is 5. The Labute approximate surface area is 136 Å². The van der Waals surface area contributed by atoms with Crippen LogP contribution in [0.1, 0.15) is 18.1 Å². The molecule has 2 rings (SSSR count). The van der Waals surface area contributed by atoms with Crippen molar-refractivity contribution in [2.45, 2.75) is 20.0 Å². The fraction of sp³-hybridized carbons (Fsp3) is 0.200. The molecule has 23 heavy (non-hydrogen) atoms. The number of nitrogens with zero attached hydrogens (tertiary/aromatic N) is 2. The van der Waals surface area contributed by atoms with E-state index in [9.17, 15) is 14.9 Å². The van der Waals surface area contributed by atoms with Crippen molar-refractivity contribution in [3.8, 4) is 11.8 Å². The molecule has 2 aromatic rings. The highest BCUT2D eigenvalue weighted by molar-refractivity contribution is 7.14. The first kappa shape index (κ1) is 16.5. The zero-order valence-corrected chi connectivity index (χ0v) is 13.2. The predicted molar refractivity (Wildman–Crippen MR) is 85.6 cm³/mol. The van der Waals surface area contributed by atoms with Crippen molar-refractivity contribution in [2.24, 2.45) is 0 Å². The summed E-state index contributed by atoms with van der Waals surface area (Å²) in [5, 5.41) is 24.5. The Bertz CT molecular complexity index is 794. The second-order valence-corrected chi connectivity index (χ2v) is 5.65. The molecule has 0 saturated heterocycles. The average molecular weight is 331 g/mol. The van der Waals surface area contributed by atoms with Gasteiger partial charge in [0.1, 0.15) is 16.8 Å². The van der Waals surface area contributed by atoms with Crippen LogP contribution in [-0.2, 0) is 4.79 Å². The van der Waals surface area contributed by atoms with Gasteiger partial charge >= 0.3 is 0 Å². The lowest BCUT2D eigenvalue weighted by atomic mass is 10.2. The maximum Gasteiger partial charge on any atom is 0.272 e. The monoisotopic (exact) mass is 331 g/mol. The summed E-state index contributed by atoms with van der Waals surface area (Å²) >= 11 is 1.25. The third kappa shape index (κ3) is 3.84. The normalized spacial score (nSPS) is 11.3. The minimum atomic E-state index is -0.815. The fourth-order valence-electron chi connectivity index (χ4n) is 1.87. The van der Waals surface area contributed by atoms with E-state index in [0.717, 1.165) is 0 Å². The van der Waals surface area contributed by atoms with Crippen molar-refractivity contribution in [3.05, 3.63) is 50.9 Å². The van der Waals surface area contributed by atoms with Crippen LogP contribution in [0.3, 0.4) is 0 Å². The number of amides is 1. The highest BCUT2D eigenvalue weighted by Gasteiger charge is 2.18. The molecule has 8 heteroatoms. The van der Waals surface area contributed by atoms with Gasteiger partial charge in [-0.15, -0.1) is 11.3 Å². The van der Waals surface area contributed by atoms with Crippen LogP contribution in [0.5, 0.6) is 5.75 Å². The quantitative estimate of drug-likeness (QED) is 0.669. The number of aryl methyl sites for hydroxylation is 1. The second kappa shape index (κ2) is 6.89. The first-order valence-electron chi connectivity index (χ1n) is 6.62. The summed E-state index contributed by atoms with van der Waals surface area (Å²) in [5.74, 6) is -0.0395. The minimum absolute atomic E-state index is 0.00768. The van der Waals surface area contributed by atoms with E-state index in [0.29, 0.717) is 21.9 Å². The molecule has 1 aromatic heterocycles. The lowest BCUT2D eigenvalue weighted by molar-refractivity contribution is -0.385. The van der Waals surface area contributed by atoms with E-state index in [2.05, 4.69) is 5.32 Å². The molecule has 1 heterocycles. The number of carbonyl (C=O) groups excluding carboxylic acids is 1. The van der Waals surface area contributed by atoms with Gasteiger partial charge in [0.25, 0.3) is 11.6 Å². The number of benzene rings is 1. The van der Waals surface area contributed by atoms with Gasteiger partial charge in [-0.2, -0.15) is 5.26 Å². The van der Waals surface area contributed by atoms with Gasteiger partial charge in [0, 0.05) is 11.6 Å². The summed E-state index contributed by atoms with van der Waals surface area (Å²) in [6.07, 6.45) is -0.815. The number of nitrogens with one attached hydrogen (secondary N) is 1. The van der Waals surface area contributed by atoms with E-state index in [4.69, 9.17) is 10.00 Å². The number of nitro benzene ring substituents is 1. The third-order valence-corrected chi connectivity index (χ3v) is 3.90. The Morgan fingerprint density at radius 1 is 1.48 bits per heavy atom. The van der Waals surface area contributed by atoms with Crippen LogP contribution < -0.4 is 10.1 Å². The molecule has 118 valence electrons. The number of thiophene rings is 1. The van der Waals surface area contributed by atoms with E-state index in [1.165, 1.54) is 29.5 Å². The van der Waals surface area contributed by atoms with Crippen LogP contribution in [0.2, 0.25) is 0 Å². The Balaban J connectivity index is 2.05. The average Bonchev–Trinajstić information content (AvgIpc) is 2.94. The van der Waals surface area contributed by atoms with Gasteiger partial charge in [-0.25, -0.2) is 0 Å². The van der Waals surface area contributed by atoms with Crippen LogP contribution in [0.15, 0.2) is 29.6 Å². The molecule has 0 unspecified atom stereocenters. The molecule has 7 nitrogen and oxygen atoms in total. The number of hydrogen-bond donors (Lipinski definition) is 1. The number of nitriles is 1. The molecule has 1 atom stereocenters. The van der Waals surface area contributed by atoms with Gasteiger partial charge in [-0.3, -0.25) is 14.9 Å². The molecule has 0 aliphatic heterocycles. The molecule has 0 fully saturated rings. The molecule has 1 aromatic carbocycles. The molecule has 0 saturated carbocycles. The molecular weight excluding hydrogens is 318 g/mol. The molecule has 0 radical (unpaired) electrons. The summed E-state index contributed by atoms with van der Waals surface area (Å²) in [5.41, 5.74) is 0.832. The smallest absolute Gasteiger partial charge is 0.272 e. The first-order chi connectivity index (χ1) is 10.9. The Kier molecular flexibility index (Phi) is 4.93. The number of carbonyl (C=O) groups is 1. The molecule has 1 amide bonds. The van der Waals surface area contributed by atoms with Crippen LogP contribution in [0.4, 0.5) is 10.7 Å². The fourth-order valence-corrected chi connectivity index (χ4v) is 2.61. The van der Waals surface area contributed by atoms with Gasteiger partial charge in [0.15, 0.2) is 6.10 Å². The summed E-state index contributed by atoms with van der Waals surface area (Å²) in [7, 11) is 0. The molecule has 0 aliphatic carbocycles. The summed E-state index contributed by atoms with van der Waals surface area (Å²) in [6, 6.07) is 7.89. The molecule has 0 bridgehead atoms. The predicted octanol–water partition coefficient (Wildman–Crippen LogP) is 3.24. The standard InChI is InChI=1S/C15H13N3O4S/c1-9-7-12(3-4-13(9)18(20)21)22-10(2)14(19)17-15-11(8-16)5-6-23-15/h3-7,10H,1-2H3,(H,17,19)/t10-/m1/s1. The van der Waals surface area contributed by atoms with Gasteiger partial charge < -0.3 is 10.1 Å². The van der Waals surface area contributed by atoms with E-state index in [1.807, 2.05) is 6.07 Å². The topological polar surface area (TPSA) is 105 Å². The maximum absolute atomic E-state index is 12.1. The summed E-state index contributed by atoms with van der Waals surface area (Å²) in [4.78, 5) is 22.4. The van der Waals surface area contributed by atoms with Crippen molar-refractivity contribution in [2.75, 3.05) is 5.32 Å². The lowest BCUT2D eigenvalue weighted by Crippen LogP contribution is -2.30. The van der Waals surface area contributed by atoms with Crippen molar-refractivity contribution in [1.82, 2.24) is 0 Å². The van der Waals surface area contributed by atoms with Gasteiger partial charge in [0.2, 0.25) is 0 Å². The lowest BCUT2D eigenvalue weighted by Gasteiger charge is -2.14. The highest BCUT2D eigenvalue weighted by atomic mass is 32.1. The van der Waals surface area contributed by atoms with E-state index < -0.39 is 16.9 Å². The number of hydrogen-bond acceptors (Lipinski definition) is 6. The SMILES string of the molecule is Cc1cc(O[C@H](C)C(=O)Nc2sccc2C#N)ccc1[N+](=O)[O-].